The van der Waals surface area contributed by atoms with Crippen molar-refractivity contribution in [2.45, 2.75) is 0 Å². The summed E-state index contributed by atoms with van der Waals surface area (Å²) in [7, 11) is -1.71. The van der Waals surface area contributed by atoms with Crippen LogP contribution in [-0.2, 0) is 4.57 Å². The summed E-state index contributed by atoms with van der Waals surface area (Å²) >= 11 is 3.21. The quantitative estimate of drug-likeness (QED) is 0.475. The zero-order valence-electron chi connectivity index (χ0n) is 4.65. The zero-order chi connectivity index (χ0) is 5.91. The van der Waals surface area contributed by atoms with Crippen molar-refractivity contribution in [3.05, 3.63) is 0 Å². The predicted octanol–water partition coefficient (Wildman–Crippen LogP) is 2.00. The highest BCUT2D eigenvalue weighted by molar-refractivity contribution is 9.09. The minimum Gasteiger partial charge on any atom is -0.324 e. The fourth-order valence-corrected chi connectivity index (χ4v) is 3.17. The number of rotatable bonds is 2. The molecule has 7 heavy (non-hydrogen) atoms. The van der Waals surface area contributed by atoms with Gasteiger partial charge in [0.15, 0.2) is 0 Å². The van der Waals surface area contributed by atoms with Crippen molar-refractivity contribution in [1.82, 2.24) is 0 Å². The summed E-state index contributed by atoms with van der Waals surface area (Å²) in [6.07, 6.45) is 0.812. The van der Waals surface area contributed by atoms with Crippen molar-refractivity contribution in [3.63, 3.8) is 0 Å². The minimum absolute atomic E-state index is 0.812. The molecule has 3 heteroatoms. The number of alkyl halides is 1. The van der Waals surface area contributed by atoms with Gasteiger partial charge in [-0.15, -0.1) is 0 Å². The van der Waals surface area contributed by atoms with E-state index in [2.05, 4.69) is 15.9 Å². The highest BCUT2D eigenvalue weighted by Gasteiger charge is 2.02. The monoisotopic (exact) mass is 184 g/mol. The molecule has 0 heterocycles. The molecule has 0 saturated heterocycles. The van der Waals surface area contributed by atoms with Crippen molar-refractivity contribution in [2.24, 2.45) is 0 Å². The molecule has 0 aromatic carbocycles. The van der Waals surface area contributed by atoms with E-state index < -0.39 is 7.14 Å². The SMILES string of the molecule is CP(C)(=O)CCBr. The molecule has 0 unspecified atom stereocenters. The molecule has 0 spiro atoms. The summed E-state index contributed by atoms with van der Waals surface area (Å²) in [5, 5.41) is 0.858. The van der Waals surface area contributed by atoms with Crippen molar-refractivity contribution < 1.29 is 4.57 Å². The topological polar surface area (TPSA) is 17.1 Å². The van der Waals surface area contributed by atoms with Crippen LogP contribution in [0.15, 0.2) is 0 Å². The van der Waals surface area contributed by atoms with E-state index in [9.17, 15) is 4.57 Å². The molecule has 0 aromatic heterocycles. The van der Waals surface area contributed by atoms with Crippen LogP contribution in [0.3, 0.4) is 0 Å². The molecule has 0 aliphatic heterocycles. The van der Waals surface area contributed by atoms with E-state index in [1.165, 1.54) is 0 Å². The van der Waals surface area contributed by atoms with Gasteiger partial charge >= 0.3 is 0 Å². The van der Waals surface area contributed by atoms with Gasteiger partial charge in [0.1, 0.15) is 0 Å². The summed E-state index contributed by atoms with van der Waals surface area (Å²) in [5.41, 5.74) is 0. The third-order valence-corrected chi connectivity index (χ3v) is 2.93. The summed E-state index contributed by atoms with van der Waals surface area (Å²) < 4.78 is 10.8. The first kappa shape index (κ1) is 7.71. The molecule has 0 N–H and O–H groups in total. The Hall–Kier alpha value is 0.710. The van der Waals surface area contributed by atoms with Crippen LogP contribution in [-0.4, -0.2) is 24.8 Å². The largest absolute Gasteiger partial charge is 0.324 e. The summed E-state index contributed by atoms with van der Waals surface area (Å²) in [5.74, 6) is 0. The van der Waals surface area contributed by atoms with Gasteiger partial charge in [-0.1, -0.05) is 15.9 Å². The molecule has 0 aromatic rings. The molecule has 44 valence electrons. The van der Waals surface area contributed by atoms with Crippen LogP contribution in [0.1, 0.15) is 0 Å². The van der Waals surface area contributed by atoms with Crippen LogP contribution in [0.5, 0.6) is 0 Å². The lowest BCUT2D eigenvalue weighted by molar-refractivity contribution is 0.583. The third kappa shape index (κ3) is 6.71. The van der Waals surface area contributed by atoms with Crippen molar-refractivity contribution >= 4 is 23.1 Å². The Morgan fingerprint density at radius 3 is 2.00 bits per heavy atom. The smallest absolute Gasteiger partial charge is 0.0827 e. The van der Waals surface area contributed by atoms with Crippen LogP contribution in [0, 0.1) is 0 Å². The van der Waals surface area contributed by atoms with Gasteiger partial charge in [-0.05, 0) is 13.3 Å². The number of halogens is 1. The molecule has 0 aliphatic rings. The molecule has 1 nitrogen and oxygen atoms in total. The molecule has 0 saturated carbocycles. The molecular formula is C4H10BrOP. The Bertz CT molecular complexity index is 85.7. The average molecular weight is 185 g/mol. The van der Waals surface area contributed by atoms with E-state index in [4.69, 9.17) is 0 Å². The lowest BCUT2D eigenvalue weighted by Gasteiger charge is -1.99. The van der Waals surface area contributed by atoms with E-state index >= 15 is 0 Å². The van der Waals surface area contributed by atoms with Crippen LogP contribution in [0.4, 0.5) is 0 Å². The Morgan fingerprint density at radius 2 is 2.00 bits per heavy atom. The van der Waals surface area contributed by atoms with Gasteiger partial charge in [0.25, 0.3) is 0 Å². The van der Waals surface area contributed by atoms with Gasteiger partial charge in [-0.25, -0.2) is 0 Å². The third-order valence-electron chi connectivity index (χ3n) is 0.623. The van der Waals surface area contributed by atoms with Crippen LogP contribution in [0.25, 0.3) is 0 Å². The first-order chi connectivity index (χ1) is 3.06. The highest BCUT2D eigenvalue weighted by atomic mass is 79.9. The number of hydrogen-bond acceptors (Lipinski definition) is 1. The maximum atomic E-state index is 10.8. The fourth-order valence-electron chi connectivity index (χ4n) is 0.204. The van der Waals surface area contributed by atoms with Gasteiger partial charge in [0.2, 0.25) is 0 Å². The molecule has 0 bridgehead atoms. The summed E-state index contributed by atoms with van der Waals surface area (Å²) in [6, 6.07) is 0. The normalized spacial score (nSPS) is 11.9. The van der Waals surface area contributed by atoms with Gasteiger partial charge in [-0.3, -0.25) is 0 Å². The maximum Gasteiger partial charge on any atom is 0.0827 e. The standard InChI is InChI=1S/C4H10BrOP/c1-7(2,6)4-3-5/h3-4H2,1-2H3. The highest BCUT2D eigenvalue weighted by Crippen LogP contribution is 2.35. The van der Waals surface area contributed by atoms with Crippen LogP contribution < -0.4 is 0 Å². The Labute approximate surface area is 53.0 Å². The van der Waals surface area contributed by atoms with Crippen molar-refractivity contribution in [3.8, 4) is 0 Å². The maximum absolute atomic E-state index is 10.8. The summed E-state index contributed by atoms with van der Waals surface area (Å²) in [4.78, 5) is 0. The molecular weight excluding hydrogens is 175 g/mol. The molecule has 0 aliphatic carbocycles. The lowest BCUT2D eigenvalue weighted by Crippen LogP contribution is -1.84. The Kier molecular flexibility index (Phi) is 3.18. The van der Waals surface area contributed by atoms with E-state index in [1.807, 2.05) is 0 Å². The van der Waals surface area contributed by atoms with E-state index in [0.29, 0.717) is 0 Å². The molecule has 0 fully saturated rings. The average Bonchev–Trinajstić information content (AvgIpc) is 1.30. The van der Waals surface area contributed by atoms with Gasteiger partial charge in [-0.2, -0.15) is 0 Å². The Balaban J connectivity index is 3.36. The molecule has 0 rings (SSSR count). The molecule has 0 radical (unpaired) electrons. The minimum atomic E-state index is -1.71. The van der Waals surface area contributed by atoms with E-state index in [1.54, 1.807) is 13.3 Å². The molecule has 0 atom stereocenters. The number of hydrogen-bond donors (Lipinski definition) is 0. The van der Waals surface area contributed by atoms with Crippen LogP contribution in [0.2, 0.25) is 0 Å². The second-order valence-electron chi connectivity index (χ2n) is 1.99. The first-order valence-corrected chi connectivity index (χ1v) is 6.07. The fraction of sp³-hybridized carbons (Fsp3) is 1.00. The van der Waals surface area contributed by atoms with E-state index in [-0.39, 0.29) is 0 Å². The second-order valence-corrected chi connectivity index (χ2v) is 6.37. The predicted molar refractivity (Wildman–Crippen MR) is 38.1 cm³/mol. The van der Waals surface area contributed by atoms with Gasteiger partial charge < -0.3 is 4.57 Å². The van der Waals surface area contributed by atoms with Crippen molar-refractivity contribution in [1.29, 1.82) is 0 Å². The van der Waals surface area contributed by atoms with Crippen LogP contribution >= 0.6 is 23.1 Å². The van der Waals surface area contributed by atoms with Gasteiger partial charge in [0.05, 0.1) is 7.14 Å². The summed E-state index contributed by atoms with van der Waals surface area (Å²) in [6.45, 7) is 3.60. The van der Waals surface area contributed by atoms with Crippen molar-refractivity contribution in [2.75, 3.05) is 24.8 Å². The first-order valence-electron chi connectivity index (χ1n) is 2.16. The van der Waals surface area contributed by atoms with Gasteiger partial charge in [0, 0.05) is 11.5 Å². The zero-order valence-corrected chi connectivity index (χ0v) is 7.13. The Morgan fingerprint density at radius 1 is 1.57 bits per heavy atom. The lowest BCUT2D eigenvalue weighted by atomic mass is 11.0. The second kappa shape index (κ2) is 2.88. The molecule has 0 amide bonds. The van der Waals surface area contributed by atoms with E-state index in [0.717, 1.165) is 11.5 Å².